The number of hydrogen-bond donors (Lipinski definition) is 1. The molecule has 0 saturated heterocycles. The van der Waals surface area contributed by atoms with Gasteiger partial charge in [0.05, 0.1) is 11.3 Å². The smallest absolute Gasteiger partial charge is 0.383 e. The molecule has 102 valence electrons. The van der Waals surface area contributed by atoms with E-state index in [2.05, 4.69) is 5.10 Å². The Morgan fingerprint density at radius 2 is 1.95 bits per heavy atom. The van der Waals surface area contributed by atoms with Gasteiger partial charge in [-0.1, -0.05) is 29.3 Å². The number of carbonyl (C=O) groups excluding carboxylic acids is 1. The third kappa shape index (κ3) is 2.35. The van der Waals surface area contributed by atoms with Gasteiger partial charge in [-0.25, -0.2) is 0 Å². The Morgan fingerprint density at radius 1 is 1.32 bits per heavy atom. The van der Waals surface area contributed by atoms with Gasteiger partial charge in [0.2, 0.25) is 0 Å². The normalized spacial score (nSPS) is 18.7. The van der Waals surface area contributed by atoms with Crippen LogP contribution >= 0.6 is 23.2 Å². The first-order chi connectivity index (χ1) is 8.64. The number of amidine groups is 1. The van der Waals surface area contributed by atoms with Crippen molar-refractivity contribution in [1.29, 1.82) is 0 Å². The van der Waals surface area contributed by atoms with Crippen LogP contribution < -0.4 is 10.7 Å². The molecular weight excluding hydrogens is 306 g/mol. The average Bonchev–Trinajstić information content (AvgIpc) is 2.52. The topological polar surface area (TPSA) is 58.7 Å². The third-order valence-electron chi connectivity index (χ3n) is 2.41. The number of hydrogen-bond acceptors (Lipinski definition) is 3. The SMILES string of the molecule is NC1=NN(c2cccc(C(F)(F)F)c2)C(=O)C1(Cl)Cl. The Kier molecular flexibility index (Phi) is 3.14. The molecule has 1 amide bonds. The number of hydrazone groups is 1. The second-order valence-electron chi connectivity index (χ2n) is 3.72. The van der Waals surface area contributed by atoms with Crippen LogP contribution in [0.25, 0.3) is 0 Å². The van der Waals surface area contributed by atoms with E-state index in [1.54, 1.807) is 0 Å². The van der Waals surface area contributed by atoms with Crippen molar-refractivity contribution in [2.45, 2.75) is 10.5 Å². The Balaban J connectivity index is 2.43. The van der Waals surface area contributed by atoms with E-state index in [4.69, 9.17) is 28.9 Å². The number of alkyl halides is 5. The van der Waals surface area contributed by atoms with E-state index >= 15 is 0 Å². The van der Waals surface area contributed by atoms with Crippen molar-refractivity contribution in [3.8, 4) is 0 Å². The molecule has 0 unspecified atom stereocenters. The molecule has 2 rings (SSSR count). The van der Waals surface area contributed by atoms with Gasteiger partial charge in [-0.15, -0.1) is 5.10 Å². The van der Waals surface area contributed by atoms with Crippen LogP contribution in [0.4, 0.5) is 18.9 Å². The molecule has 1 heterocycles. The molecule has 19 heavy (non-hydrogen) atoms. The van der Waals surface area contributed by atoms with Crippen LogP contribution in [0.5, 0.6) is 0 Å². The second-order valence-corrected chi connectivity index (χ2v) is 5.05. The average molecular weight is 312 g/mol. The number of anilines is 1. The van der Waals surface area contributed by atoms with E-state index in [1.807, 2.05) is 0 Å². The van der Waals surface area contributed by atoms with Crippen LogP contribution in [-0.2, 0) is 11.0 Å². The highest BCUT2D eigenvalue weighted by Gasteiger charge is 2.48. The van der Waals surface area contributed by atoms with E-state index in [1.165, 1.54) is 6.07 Å². The molecular formula is C10H6Cl2F3N3O. The summed E-state index contributed by atoms with van der Waals surface area (Å²) in [7, 11) is 0. The van der Waals surface area contributed by atoms with Crippen molar-refractivity contribution in [1.82, 2.24) is 0 Å². The zero-order valence-corrected chi connectivity index (χ0v) is 10.6. The van der Waals surface area contributed by atoms with E-state index in [0.29, 0.717) is 5.01 Å². The lowest BCUT2D eigenvalue weighted by Crippen LogP contribution is -2.39. The molecule has 1 aromatic rings. The molecule has 0 saturated carbocycles. The summed E-state index contributed by atoms with van der Waals surface area (Å²) in [5.41, 5.74) is 4.31. The summed E-state index contributed by atoms with van der Waals surface area (Å²) in [5, 5.41) is 4.21. The van der Waals surface area contributed by atoms with Gasteiger partial charge in [0, 0.05) is 0 Å². The fourth-order valence-corrected chi connectivity index (χ4v) is 1.68. The summed E-state index contributed by atoms with van der Waals surface area (Å²) in [6, 6.07) is 4.02. The summed E-state index contributed by atoms with van der Waals surface area (Å²) >= 11 is 11.3. The first-order valence-electron chi connectivity index (χ1n) is 4.88. The molecule has 1 aromatic carbocycles. The van der Waals surface area contributed by atoms with Crippen molar-refractivity contribution < 1.29 is 18.0 Å². The maximum Gasteiger partial charge on any atom is 0.416 e. The predicted octanol–water partition coefficient (Wildman–Crippen LogP) is 2.50. The van der Waals surface area contributed by atoms with Gasteiger partial charge in [-0.3, -0.25) is 4.79 Å². The highest BCUT2D eigenvalue weighted by Crippen LogP contribution is 2.36. The highest BCUT2D eigenvalue weighted by molar-refractivity contribution is 6.70. The van der Waals surface area contributed by atoms with Crippen LogP contribution in [-0.4, -0.2) is 16.1 Å². The minimum atomic E-state index is -4.53. The summed E-state index contributed by atoms with van der Waals surface area (Å²) < 4.78 is 35.6. The number of halogens is 5. The lowest BCUT2D eigenvalue weighted by atomic mass is 10.2. The number of rotatable bonds is 1. The monoisotopic (exact) mass is 311 g/mol. The molecule has 4 nitrogen and oxygen atoms in total. The van der Waals surface area contributed by atoms with Crippen molar-refractivity contribution >= 4 is 40.6 Å². The van der Waals surface area contributed by atoms with Crippen LogP contribution in [0.2, 0.25) is 0 Å². The summed E-state index contributed by atoms with van der Waals surface area (Å²) in [6.07, 6.45) is -4.53. The lowest BCUT2D eigenvalue weighted by molar-refractivity contribution is -0.137. The number of nitrogens with zero attached hydrogens (tertiary/aromatic N) is 2. The number of amides is 1. The standard InChI is InChI=1S/C10H6Cl2F3N3O/c11-9(12)7(16)17-18(8(9)19)6-3-1-2-5(4-6)10(13,14)15/h1-4H,(H2,16,17). The first-order valence-corrected chi connectivity index (χ1v) is 5.64. The molecule has 1 aliphatic rings. The second kappa shape index (κ2) is 4.28. The molecule has 0 fully saturated rings. The predicted molar refractivity (Wildman–Crippen MR) is 65.0 cm³/mol. The minimum absolute atomic E-state index is 0.119. The van der Waals surface area contributed by atoms with E-state index < -0.39 is 27.8 Å². The number of nitrogens with two attached hydrogens (primary N) is 1. The largest absolute Gasteiger partial charge is 0.416 e. The summed E-state index contributed by atoms with van der Waals surface area (Å²) in [5.74, 6) is -1.31. The zero-order chi connectivity index (χ0) is 14.4. The molecule has 0 aromatic heterocycles. The van der Waals surface area contributed by atoms with Crippen LogP contribution in [0.15, 0.2) is 29.4 Å². The fourth-order valence-electron chi connectivity index (χ4n) is 1.45. The van der Waals surface area contributed by atoms with E-state index in [0.717, 1.165) is 18.2 Å². The van der Waals surface area contributed by atoms with Gasteiger partial charge in [-0.05, 0) is 18.2 Å². The van der Waals surface area contributed by atoms with E-state index in [9.17, 15) is 18.0 Å². The van der Waals surface area contributed by atoms with Crippen molar-refractivity contribution in [2.75, 3.05) is 5.01 Å². The molecule has 0 spiro atoms. The minimum Gasteiger partial charge on any atom is -0.383 e. The summed E-state index contributed by atoms with van der Waals surface area (Å²) in [4.78, 5) is 11.8. The zero-order valence-electron chi connectivity index (χ0n) is 9.08. The van der Waals surface area contributed by atoms with Gasteiger partial charge in [-0.2, -0.15) is 18.2 Å². The lowest BCUT2D eigenvalue weighted by Gasteiger charge is -2.16. The highest BCUT2D eigenvalue weighted by atomic mass is 35.5. The Bertz CT molecular complexity index is 571. The van der Waals surface area contributed by atoms with Crippen molar-refractivity contribution in [3.05, 3.63) is 29.8 Å². The maximum absolute atomic E-state index is 12.6. The van der Waals surface area contributed by atoms with Gasteiger partial charge in [0.1, 0.15) is 0 Å². The molecule has 9 heteroatoms. The molecule has 0 bridgehead atoms. The van der Waals surface area contributed by atoms with E-state index in [-0.39, 0.29) is 5.69 Å². The molecule has 1 aliphatic heterocycles. The maximum atomic E-state index is 12.6. The Labute approximate surface area is 115 Å². The van der Waals surface area contributed by atoms with Gasteiger partial charge >= 0.3 is 6.18 Å². The van der Waals surface area contributed by atoms with Crippen LogP contribution in [0.1, 0.15) is 5.56 Å². The first kappa shape index (κ1) is 14.0. The quantitative estimate of drug-likeness (QED) is 0.810. The van der Waals surface area contributed by atoms with Crippen molar-refractivity contribution in [3.63, 3.8) is 0 Å². The number of benzene rings is 1. The molecule has 0 radical (unpaired) electrons. The Hall–Kier alpha value is -1.47. The van der Waals surface area contributed by atoms with Crippen LogP contribution in [0.3, 0.4) is 0 Å². The third-order valence-corrected chi connectivity index (χ3v) is 3.12. The van der Waals surface area contributed by atoms with Crippen molar-refractivity contribution in [2.24, 2.45) is 10.8 Å². The fraction of sp³-hybridized carbons (Fsp3) is 0.200. The number of carbonyl (C=O) groups is 1. The van der Waals surface area contributed by atoms with Gasteiger partial charge in [0.15, 0.2) is 5.84 Å². The molecule has 0 atom stereocenters. The molecule has 2 N–H and O–H groups in total. The molecule has 0 aliphatic carbocycles. The van der Waals surface area contributed by atoms with Crippen LogP contribution in [0, 0.1) is 0 Å². The summed E-state index contributed by atoms with van der Waals surface area (Å²) in [6.45, 7) is 0. The van der Waals surface area contributed by atoms with Gasteiger partial charge in [0.25, 0.3) is 10.2 Å². The van der Waals surface area contributed by atoms with Gasteiger partial charge < -0.3 is 5.73 Å². The Morgan fingerprint density at radius 3 is 2.42 bits per heavy atom.